The van der Waals surface area contributed by atoms with Crippen molar-refractivity contribution in [2.24, 2.45) is 0 Å². The van der Waals surface area contributed by atoms with Crippen LogP contribution < -0.4 is 0 Å². The van der Waals surface area contributed by atoms with E-state index in [-0.39, 0.29) is 0 Å². The number of rotatable bonds is 4. The molecule has 1 fully saturated rings. The summed E-state index contributed by atoms with van der Waals surface area (Å²) in [7, 11) is 2.14. The summed E-state index contributed by atoms with van der Waals surface area (Å²) in [5, 5.41) is 9.82. The quantitative estimate of drug-likeness (QED) is 0.903. The van der Waals surface area contributed by atoms with E-state index in [4.69, 9.17) is 0 Å². The highest BCUT2D eigenvalue weighted by molar-refractivity contribution is 5.32. The van der Waals surface area contributed by atoms with Gasteiger partial charge >= 0.3 is 0 Å². The zero-order chi connectivity index (χ0) is 13.2. The topological polar surface area (TPSA) is 23.5 Å². The van der Waals surface area contributed by atoms with Crippen LogP contribution in [0.2, 0.25) is 0 Å². The molecule has 0 heterocycles. The van der Waals surface area contributed by atoms with Gasteiger partial charge in [-0.25, -0.2) is 0 Å². The van der Waals surface area contributed by atoms with Gasteiger partial charge < -0.3 is 5.11 Å². The van der Waals surface area contributed by atoms with Gasteiger partial charge in [0.05, 0.1) is 0 Å². The lowest BCUT2D eigenvalue weighted by molar-refractivity contribution is 0.305. The molecule has 2 nitrogen and oxygen atoms in total. The van der Waals surface area contributed by atoms with Gasteiger partial charge in [0.25, 0.3) is 0 Å². The van der Waals surface area contributed by atoms with E-state index >= 15 is 0 Å². The number of nitrogens with zero attached hydrogens (tertiary/aromatic N) is 1. The number of likely N-dealkylation sites (N-methyl/N-ethyl adjacent to an activating group) is 1. The number of para-hydroxylation sites is 1. The first-order chi connectivity index (χ1) is 9.25. The van der Waals surface area contributed by atoms with Gasteiger partial charge in [-0.2, -0.15) is 0 Å². The third kappa shape index (κ3) is 2.64. The molecule has 0 radical (unpaired) electrons. The van der Waals surface area contributed by atoms with Gasteiger partial charge in [-0.1, -0.05) is 48.5 Å². The number of hydrogen-bond acceptors (Lipinski definition) is 2. The van der Waals surface area contributed by atoms with Crippen LogP contribution in [0.15, 0.2) is 54.6 Å². The van der Waals surface area contributed by atoms with Crippen LogP contribution in [0.5, 0.6) is 5.75 Å². The minimum absolute atomic E-state index is 0.395. The van der Waals surface area contributed by atoms with Crippen molar-refractivity contribution in [1.29, 1.82) is 0 Å². The second-order valence-electron chi connectivity index (χ2n) is 5.36. The maximum atomic E-state index is 9.82. The van der Waals surface area contributed by atoms with E-state index in [0.29, 0.717) is 17.7 Å². The zero-order valence-corrected chi connectivity index (χ0v) is 11.2. The first-order valence-corrected chi connectivity index (χ1v) is 6.78. The Morgan fingerprint density at radius 1 is 1.05 bits per heavy atom. The summed E-state index contributed by atoms with van der Waals surface area (Å²) < 4.78 is 0. The smallest absolute Gasteiger partial charge is 0.120 e. The largest absolute Gasteiger partial charge is 0.508 e. The van der Waals surface area contributed by atoms with Crippen LogP contribution >= 0.6 is 0 Å². The highest BCUT2D eigenvalue weighted by Crippen LogP contribution is 2.44. The Hall–Kier alpha value is -1.80. The summed E-state index contributed by atoms with van der Waals surface area (Å²) >= 11 is 0. The maximum Gasteiger partial charge on any atom is 0.120 e. The van der Waals surface area contributed by atoms with E-state index in [1.54, 1.807) is 6.07 Å². The number of aromatic hydroxyl groups is 1. The van der Waals surface area contributed by atoms with E-state index < -0.39 is 0 Å². The van der Waals surface area contributed by atoms with Crippen molar-refractivity contribution in [3.63, 3.8) is 0 Å². The van der Waals surface area contributed by atoms with Crippen molar-refractivity contribution in [2.45, 2.75) is 24.9 Å². The molecule has 2 atom stereocenters. The van der Waals surface area contributed by atoms with E-state index in [2.05, 4.69) is 42.3 Å². The minimum Gasteiger partial charge on any atom is -0.508 e. The molecule has 0 aromatic heterocycles. The van der Waals surface area contributed by atoms with Crippen LogP contribution in [0.1, 0.15) is 23.5 Å². The van der Waals surface area contributed by atoms with Gasteiger partial charge in [0.1, 0.15) is 5.75 Å². The van der Waals surface area contributed by atoms with E-state index in [0.717, 1.165) is 12.1 Å². The molecule has 0 aliphatic heterocycles. The normalized spacial score (nSPS) is 21.6. The molecule has 0 spiro atoms. The molecule has 0 amide bonds. The Morgan fingerprint density at radius 3 is 2.47 bits per heavy atom. The lowest BCUT2D eigenvalue weighted by Gasteiger charge is -2.17. The van der Waals surface area contributed by atoms with Gasteiger partial charge in [-0.05, 0) is 25.1 Å². The van der Waals surface area contributed by atoms with E-state index in [1.165, 1.54) is 12.0 Å². The number of benzene rings is 2. The number of hydrogen-bond donors (Lipinski definition) is 1. The first-order valence-electron chi connectivity index (χ1n) is 6.78. The van der Waals surface area contributed by atoms with Crippen LogP contribution in [-0.4, -0.2) is 23.1 Å². The summed E-state index contributed by atoms with van der Waals surface area (Å²) in [6.07, 6.45) is 1.22. The lowest BCUT2D eigenvalue weighted by Crippen LogP contribution is -2.21. The number of phenolic OH excluding ortho intramolecular Hbond substituents is 1. The van der Waals surface area contributed by atoms with Crippen LogP contribution in [0.3, 0.4) is 0 Å². The highest BCUT2D eigenvalue weighted by atomic mass is 16.3. The molecular formula is C17H19NO. The summed E-state index contributed by atoms with van der Waals surface area (Å²) in [5.41, 5.74) is 2.43. The Kier molecular flexibility index (Phi) is 3.26. The van der Waals surface area contributed by atoms with Crippen molar-refractivity contribution >= 4 is 0 Å². The summed E-state index contributed by atoms with van der Waals surface area (Å²) in [5.74, 6) is 1.04. The number of phenols is 1. The van der Waals surface area contributed by atoms with E-state index in [1.807, 2.05) is 18.2 Å². The molecule has 3 rings (SSSR count). The average Bonchev–Trinajstić information content (AvgIpc) is 3.23. The molecule has 1 saturated carbocycles. The van der Waals surface area contributed by atoms with Gasteiger partial charge in [0.15, 0.2) is 0 Å². The fourth-order valence-corrected chi connectivity index (χ4v) is 2.76. The second kappa shape index (κ2) is 5.06. The third-order valence-electron chi connectivity index (χ3n) is 3.96. The summed E-state index contributed by atoms with van der Waals surface area (Å²) in [6, 6.07) is 18.9. The van der Waals surface area contributed by atoms with Gasteiger partial charge in [0.2, 0.25) is 0 Å². The van der Waals surface area contributed by atoms with Crippen molar-refractivity contribution in [1.82, 2.24) is 4.90 Å². The molecule has 2 heteroatoms. The molecule has 1 N–H and O–H groups in total. The Labute approximate surface area is 114 Å². The Bertz CT molecular complexity index is 552. The fraction of sp³-hybridized carbons (Fsp3) is 0.294. The van der Waals surface area contributed by atoms with Crippen molar-refractivity contribution in [3.8, 4) is 5.75 Å². The molecule has 0 saturated heterocycles. The van der Waals surface area contributed by atoms with Gasteiger partial charge in [-0.15, -0.1) is 0 Å². The highest BCUT2D eigenvalue weighted by Gasteiger charge is 2.41. The monoisotopic (exact) mass is 253 g/mol. The fourth-order valence-electron chi connectivity index (χ4n) is 2.76. The summed E-state index contributed by atoms with van der Waals surface area (Å²) in [4.78, 5) is 2.34. The van der Waals surface area contributed by atoms with Crippen LogP contribution in [0.4, 0.5) is 0 Å². The predicted molar refractivity (Wildman–Crippen MR) is 77.2 cm³/mol. The Morgan fingerprint density at radius 2 is 1.74 bits per heavy atom. The molecule has 98 valence electrons. The third-order valence-corrected chi connectivity index (χ3v) is 3.96. The zero-order valence-electron chi connectivity index (χ0n) is 11.2. The SMILES string of the molecule is CN(Cc1ccccc1O)[C@@H]1C[C@H]1c1ccccc1. The van der Waals surface area contributed by atoms with Crippen molar-refractivity contribution in [3.05, 3.63) is 65.7 Å². The molecule has 2 aromatic carbocycles. The maximum absolute atomic E-state index is 9.82. The molecular weight excluding hydrogens is 234 g/mol. The molecule has 2 aromatic rings. The minimum atomic E-state index is 0.395. The molecule has 0 unspecified atom stereocenters. The van der Waals surface area contributed by atoms with Gasteiger partial charge in [0, 0.05) is 24.1 Å². The molecule has 0 bridgehead atoms. The van der Waals surface area contributed by atoms with Crippen molar-refractivity contribution in [2.75, 3.05) is 7.05 Å². The van der Waals surface area contributed by atoms with Crippen LogP contribution in [-0.2, 0) is 6.54 Å². The molecule has 19 heavy (non-hydrogen) atoms. The van der Waals surface area contributed by atoms with Crippen molar-refractivity contribution < 1.29 is 5.11 Å². The molecule has 1 aliphatic carbocycles. The lowest BCUT2D eigenvalue weighted by atomic mass is 10.1. The summed E-state index contributed by atoms with van der Waals surface area (Å²) in [6.45, 7) is 0.806. The average molecular weight is 253 g/mol. The standard InChI is InChI=1S/C17H19NO/c1-18(12-14-9-5-6-10-17(14)19)16-11-15(16)13-7-3-2-4-8-13/h2-10,15-16,19H,11-12H2,1H3/t15-,16+/m0/s1. The predicted octanol–water partition coefficient (Wildman–Crippen LogP) is 3.38. The first kappa shape index (κ1) is 12.2. The van der Waals surface area contributed by atoms with E-state index in [9.17, 15) is 5.11 Å². The van der Waals surface area contributed by atoms with Crippen LogP contribution in [0, 0.1) is 0 Å². The van der Waals surface area contributed by atoms with Gasteiger partial charge in [-0.3, -0.25) is 4.90 Å². The Balaban J connectivity index is 1.64. The molecule has 1 aliphatic rings. The second-order valence-corrected chi connectivity index (χ2v) is 5.36. The van der Waals surface area contributed by atoms with Crippen LogP contribution in [0.25, 0.3) is 0 Å².